The van der Waals surface area contributed by atoms with Crippen LogP contribution in [0.3, 0.4) is 0 Å². The van der Waals surface area contributed by atoms with E-state index in [9.17, 15) is 9.18 Å². The molecule has 1 aliphatic rings. The smallest absolute Gasteiger partial charge is 0.253 e. The fraction of sp³-hybridized carbons (Fsp3) is 0.351. The van der Waals surface area contributed by atoms with E-state index in [0.717, 1.165) is 67.1 Å². The second-order valence-corrected chi connectivity index (χ2v) is 12.1. The summed E-state index contributed by atoms with van der Waals surface area (Å²) in [6, 6.07) is 20.2. The first-order chi connectivity index (χ1) is 23.4. The van der Waals surface area contributed by atoms with E-state index >= 15 is 0 Å². The first kappa shape index (κ1) is 32.9. The fourth-order valence-corrected chi connectivity index (χ4v) is 6.53. The Bertz CT molecular complexity index is 1790. The molecule has 5 aromatic rings. The van der Waals surface area contributed by atoms with E-state index < -0.39 is 0 Å². The highest BCUT2D eigenvalue weighted by Crippen LogP contribution is 2.38. The Hall–Kier alpha value is -5.03. The number of para-hydroxylation sites is 2. The summed E-state index contributed by atoms with van der Waals surface area (Å²) in [6.07, 6.45) is 6.15. The van der Waals surface area contributed by atoms with Gasteiger partial charge in [0.2, 0.25) is 11.7 Å². The van der Waals surface area contributed by atoms with Gasteiger partial charge in [-0.1, -0.05) is 24.3 Å². The first-order valence-electron chi connectivity index (χ1n) is 16.2. The normalized spacial score (nSPS) is 14.5. The van der Waals surface area contributed by atoms with E-state index in [2.05, 4.69) is 20.9 Å². The first-order valence-corrected chi connectivity index (χ1v) is 16.2. The number of hydrogen-bond donors (Lipinski definition) is 1. The van der Waals surface area contributed by atoms with Crippen molar-refractivity contribution in [3.63, 3.8) is 0 Å². The van der Waals surface area contributed by atoms with E-state index in [-0.39, 0.29) is 23.7 Å². The number of ether oxygens (including phenoxy) is 3. The van der Waals surface area contributed by atoms with Crippen LogP contribution in [-0.2, 0) is 0 Å². The fourth-order valence-electron chi connectivity index (χ4n) is 6.53. The Labute approximate surface area is 280 Å². The molecule has 48 heavy (non-hydrogen) atoms. The van der Waals surface area contributed by atoms with Gasteiger partial charge in [-0.2, -0.15) is 0 Å². The molecule has 1 N–H and O–H groups in total. The van der Waals surface area contributed by atoms with Gasteiger partial charge in [0, 0.05) is 50.3 Å². The molecule has 0 aliphatic carbocycles. The zero-order valence-electron chi connectivity index (χ0n) is 27.8. The highest BCUT2D eigenvalue weighted by Gasteiger charge is 2.25. The number of halogens is 1. The maximum Gasteiger partial charge on any atom is 0.253 e. The topological polar surface area (TPSA) is 94.2 Å². The van der Waals surface area contributed by atoms with Crippen LogP contribution >= 0.6 is 0 Å². The summed E-state index contributed by atoms with van der Waals surface area (Å²) in [6.45, 7) is 3.18. The van der Waals surface area contributed by atoms with E-state index in [4.69, 9.17) is 23.6 Å². The molecule has 1 amide bonds. The van der Waals surface area contributed by atoms with Gasteiger partial charge < -0.3 is 33.7 Å². The lowest BCUT2D eigenvalue weighted by Gasteiger charge is -2.34. The van der Waals surface area contributed by atoms with Crippen molar-refractivity contribution in [2.75, 3.05) is 59.9 Å². The Morgan fingerprint density at radius 2 is 1.73 bits per heavy atom. The zero-order chi connectivity index (χ0) is 33.6. The molecule has 252 valence electrons. The van der Waals surface area contributed by atoms with Crippen molar-refractivity contribution in [3.05, 3.63) is 96.2 Å². The number of hydrogen-bond acceptors (Lipinski definition) is 8. The van der Waals surface area contributed by atoms with Crippen LogP contribution in [0.2, 0.25) is 0 Å². The molecule has 0 bridgehead atoms. The lowest BCUT2D eigenvalue weighted by atomic mass is 9.94. The summed E-state index contributed by atoms with van der Waals surface area (Å²) in [5.41, 5.74) is 4.32. The number of likely N-dealkylation sites (tertiary alicyclic amines) is 1. The average molecular weight is 656 g/mol. The van der Waals surface area contributed by atoms with Gasteiger partial charge in [0.25, 0.3) is 5.91 Å². The SMILES string of the molecule is COc1cc(C(=O)N(C)CC(CCN2CCC(Nc3nc4ccccc4n3-c3ccoc3)CC2)c2ccc(F)cc2)cc(OC)c1OC. The molecule has 2 aromatic heterocycles. The summed E-state index contributed by atoms with van der Waals surface area (Å²) < 4.78 is 37.7. The van der Waals surface area contributed by atoms with Crippen LogP contribution in [-0.4, -0.2) is 85.9 Å². The number of likely N-dealkylation sites (N-methyl/N-ethyl adjacent to an activating group) is 1. The summed E-state index contributed by atoms with van der Waals surface area (Å²) in [5, 5.41) is 3.70. The quantitative estimate of drug-likeness (QED) is 0.152. The van der Waals surface area contributed by atoms with Crippen LogP contribution in [0.4, 0.5) is 10.3 Å². The Kier molecular flexibility index (Phi) is 10.1. The number of furan rings is 1. The monoisotopic (exact) mass is 655 g/mol. The van der Waals surface area contributed by atoms with Crippen LogP contribution < -0.4 is 19.5 Å². The zero-order valence-corrected chi connectivity index (χ0v) is 27.8. The molecule has 0 spiro atoms. The van der Waals surface area contributed by atoms with Crippen molar-refractivity contribution >= 4 is 22.9 Å². The standard InChI is InChI=1S/C37H42FN5O5/c1-41(36(44)27-21-33(45-2)35(47-4)34(22-27)46-3)23-26(25-9-11-28(38)12-10-25)13-17-42-18-14-29(15-19-42)39-37-40-31-7-5-6-8-32(31)43(37)30-16-20-48-24-30/h5-12,16,20-22,24,26,29H,13-15,17-19,23H2,1-4H3,(H,39,40). The number of piperidine rings is 1. The number of fused-ring (bicyclic) bond motifs is 1. The third-order valence-corrected chi connectivity index (χ3v) is 9.13. The molecule has 1 atom stereocenters. The minimum atomic E-state index is -0.282. The molecule has 3 heterocycles. The van der Waals surface area contributed by atoms with Crippen LogP contribution in [0.25, 0.3) is 16.7 Å². The summed E-state index contributed by atoms with van der Waals surface area (Å²) in [5.74, 6) is 1.63. The van der Waals surface area contributed by atoms with Crippen molar-refractivity contribution in [2.24, 2.45) is 0 Å². The Morgan fingerprint density at radius 3 is 2.38 bits per heavy atom. The summed E-state index contributed by atoms with van der Waals surface area (Å²) >= 11 is 0. The second kappa shape index (κ2) is 14.8. The number of nitrogens with zero attached hydrogens (tertiary/aromatic N) is 4. The number of anilines is 1. The predicted octanol–water partition coefficient (Wildman–Crippen LogP) is 6.61. The van der Waals surface area contributed by atoms with Gasteiger partial charge in [-0.15, -0.1) is 0 Å². The summed E-state index contributed by atoms with van der Waals surface area (Å²) in [4.78, 5) is 22.7. The van der Waals surface area contributed by atoms with Gasteiger partial charge in [-0.3, -0.25) is 9.36 Å². The van der Waals surface area contributed by atoms with Gasteiger partial charge in [0.15, 0.2) is 11.5 Å². The minimum absolute atomic E-state index is 0.00676. The number of amides is 1. The molecule has 1 saturated heterocycles. The molecule has 6 rings (SSSR count). The van der Waals surface area contributed by atoms with Crippen molar-refractivity contribution in [1.82, 2.24) is 19.4 Å². The average Bonchev–Trinajstić information content (AvgIpc) is 3.77. The molecule has 1 unspecified atom stereocenters. The van der Waals surface area contributed by atoms with Crippen molar-refractivity contribution < 1.29 is 27.8 Å². The minimum Gasteiger partial charge on any atom is -0.493 e. The molecule has 0 radical (unpaired) electrons. The van der Waals surface area contributed by atoms with Gasteiger partial charge in [0.1, 0.15) is 12.1 Å². The van der Waals surface area contributed by atoms with Crippen molar-refractivity contribution in [1.29, 1.82) is 0 Å². The number of carbonyl (C=O) groups excluding carboxylic acids is 1. The van der Waals surface area contributed by atoms with Crippen LogP contribution in [0.5, 0.6) is 17.2 Å². The van der Waals surface area contributed by atoms with E-state index in [1.807, 2.05) is 36.4 Å². The lowest BCUT2D eigenvalue weighted by Crippen LogP contribution is -2.40. The highest BCUT2D eigenvalue weighted by atomic mass is 19.1. The maximum atomic E-state index is 13.9. The van der Waals surface area contributed by atoms with Crippen molar-refractivity contribution in [2.45, 2.75) is 31.2 Å². The van der Waals surface area contributed by atoms with Gasteiger partial charge in [-0.25, -0.2) is 9.37 Å². The number of benzene rings is 3. The number of imidazole rings is 1. The van der Waals surface area contributed by atoms with E-state index in [1.54, 1.807) is 36.6 Å². The molecule has 0 saturated carbocycles. The van der Waals surface area contributed by atoms with Crippen LogP contribution in [0.15, 0.2) is 83.7 Å². The number of nitrogens with one attached hydrogen (secondary N) is 1. The van der Waals surface area contributed by atoms with Gasteiger partial charge in [0.05, 0.1) is 44.3 Å². The number of rotatable bonds is 13. The second-order valence-electron chi connectivity index (χ2n) is 12.1. The molecule has 10 nitrogen and oxygen atoms in total. The molecule has 1 fully saturated rings. The third kappa shape index (κ3) is 7.11. The van der Waals surface area contributed by atoms with E-state index in [1.165, 1.54) is 33.5 Å². The van der Waals surface area contributed by atoms with Crippen LogP contribution in [0, 0.1) is 5.82 Å². The Balaban J connectivity index is 1.10. The molecular weight excluding hydrogens is 613 g/mol. The number of methoxy groups -OCH3 is 3. The molecule has 1 aliphatic heterocycles. The molecular formula is C37H42FN5O5. The summed E-state index contributed by atoms with van der Waals surface area (Å²) in [7, 11) is 6.36. The van der Waals surface area contributed by atoms with Gasteiger partial charge in [-0.05, 0) is 67.8 Å². The lowest BCUT2D eigenvalue weighted by molar-refractivity contribution is 0.0781. The van der Waals surface area contributed by atoms with Crippen LogP contribution in [0.1, 0.15) is 41.1 Å². The van der Waals surface area contributed by atoms with Crippen molar-refractivity contribution in [3.8, 4) is 22.9 Å². The Morgan fingerprint density at radius 1 is 1.02 bits per heavy atom. The number of carbonyl (C=O) groups is 1. The number of aromatic nitrogens is 2. The molecule has 11 heteroatoms. The largest absolute Gasteiger partial charge is 0.493 e. The molecule has 3 aromatic carbocycles. The third-order valence-electron chi connectivity index (χ3n) is 9.13. The predicted molar refractivity (Wildman–Crippen MR) is 183 cm³/mol. The van der Waals surface area contributed by atoms with E-state index in [0.29, 0.717) is 29.4 Å². The maximum absolute atomic E-state index is 13.9. The van der Waals surface area contributed by atoms with Gasteiger partial charge >= 0.3 is 0 Å². The highest BCUT2D eigenvalue weighted by molar-refractivity contribution is 5.95.